The molecule has 0 saturated heterocycles. The molecule has 0 fully saturated rings. The van der Waals surface area contributed by atoms with E-state index in [0.717, 1.165) is 22.6 Å². The molecule has 2 aromatic rings. The van der Waals surface area contributed by atoms with E-state index in [-0.39, 0.29) is 12.0 Å². The lowest BCUT2D eigenvalue weighted by Gasteiger charge is -2.18. The number of carbonyl (C=O) groups excluding carboxylic acids is 1. The van der Waals surface area contributed by atoms with Crippen LogP contribution < -0.4 is 14.8 Å². The first-order valence-electron chi connectivity index (χ1n) is 9.15. The van der Waals surface area contributed by atoms with Gasteiger partial charge in [-0.05, 0) is 56.0 Å². The van der Waals surface area contributed by atoms with E-state index in [0.29, 0.717) is 12.5 Å². The van der Waals surface area contributed by atoms with Crippen molar-refractivity contribution < 1.29 is 14.3 Å². The second-order valence-corrected chi connectivity index (χ2v) is 6.98. The van der Waals surface area contributed by atoms with Crippen molar-refractivity contribution >= 4 is 5.91 Å². The van der Waals surface area contributed by atoms with E-state index in [4.69, 9.17) is 9.47 Å². The Bertz CT molecular complexity index is 708. The quantitative estimate of drug-likeness (QED) is 0.748. The van der Waals surface area contributed by atoms with Crippen LogP contribution in [0.4, 0.5) is 0 Å². The van der Waals surface area contributed by atoms with Crippen molar-refractivity contribution in [1.29, 1.82) is 0 Å². The normalized spacial score (nSPS) is 12.1. The Balaban J connectivity index is 1.89. The minimum absolute atomic E-state index is 0.133. The lowest BCUT2D eigenvalue weighted by molar-refractivity contribution is -0.127. The molecule has 4 heteroatoms. The molecular formula is C22H29NO3. The average molecular weight is 355 g/mol. The molecule has 0 aromatic heterocycles. The van der Waals surface area contributed by atoms with Gasteiger partial charge in [-0.1, -0.05) is 44.2 Å². The molecule has 2 aromatic carbocycles. The molecule has 0 saturated carbocycles. The fourth-order valence-corrected chi connectivity index (χ4v) is 2.60. The molecule has 0 aliphatic rings. The van der Waals surface area contributed by atoms with Gasteiger partial charge in [-0.2, -0.15) is 0 Å². The summed E-state index contributed by atoms with van der Waals surface area (Å²) >= 11 is 0. The molecule has 0 spiro atoms. The number of hydrogen-bond acceptors (Lipinski definition) is 3. The van der Waals surface area contributed by atoms with E-state index in [9.17, 15) is 4.79 Å². The topological polar surface area (TPSA) is 47.6 Å². The minimum Gasteiger partial charge on any atom is -0.491 e. The zero-order valence-corrected chi connectivity index (χ0v) is 16.3. The van der Waals surface area contributed by atoms with Crippen LogP contribution in [0.15, 0.2) is 48.5 Å². The summed E-state index contributed by atoms with van der Waals surface area (Å²) in [5, 5.41) is 2.92. The zero-order valence-electron chi connectivity index (χ0n) is 16.3. The highest BCUT2D eigenvalue weighted by Crippen LogP contribution is 2.26. The zero-order chi connectivity index (χ0) is 19.1. The predicted molar refractivity (Wildman–Crippen MR) is 105 cm³/mol. The van der Waals surface area contributed by atoms with E-state index >= 15 is 0 Å². The van der Waals surface area contributed by atoms with Gasteiger partial charge in [0.1, 0.15) is 11.5 Å². The van der Waals surface area contributed by atoms with Gasteiger partial charge >= 0.3 is 0 Å². The van der Waals surface area contributed by atoms with Crippen molar-refractivity contribution in [2.75, 3.05) is 0 Å². The summed E-state index contributed by atoms with van der Waals surface area (Å²) in [5.41, 5.74) is 2.12. The number of benzene rings is 2. The molecule has 0 aliphatic carbocycles. The Kier molecular flexibility index (Phi) is 7.07. The fraction of sp³-hybridized carbons (Fsp3) is 0.409. The summed E-state index contributed by atoms with van der Waals surface area (Å²) in [6.07, 6.45) is -0.411. The predicted octanol–water partition coefficient (Wildman–Crippen LogP) is 4.68. The van der Waals surface area contributed by atoms with Crippen LogP contribution in [0, 0.1) is 0 Å². The second-order valence-electron chi connectivity index (χ2n) is 6.98. The Morgan fingerprint density at radius 1 is 0.923 bits per heavy atom. The molecule has 0 radical (unpaired) electrons. The Morgan fingerprint density at radius 2 is 1.58 bits per heavy atom. The van der Waals surface area contributed by atoms with E-state index < -0.39 is 6.10 Å². The molecule has 140 valence electrons. The largest absolute Gasteiger partial charge is 0.491 e. The number of para-hydroxylation sites is 1. The van der Waals surface area contributed by atoms with Gasteiger partial charge in [0.15, 0.2) is 6.10 Å². The maximum atomic E-state index is 12.4. The van der Waals surface area contributed by atoms with Crippen LogP contribution in [0.3, 0.4) is 0 Å². The van der Waals surface area contributed by atoms with Crippen molar-refractivity contribution in [3.05, 3.63) is 59.7 Å². The van der Waals surface area contributed by atoms with Gasteiger partial charge in [0.25, 0.3) is 5.91 Å². The van der Waals surface area contributed by atoms with Gasteiger partial charge < -0.3 is 14.8 Å². The molecule has 1 N–H and O–H groups in total. The summed E-state index contributed by atoms with van der Waals surface area (Å²) in [6.45, 7) is 10.4. The summed E-state index contributed by atoms with van der Waals surface area (Å²) in [6, 6.07) is 15.6. The van der Waals surface area contributed by atoms with Gasteiger partial charge in [-0.3, -0.25) is 4.79 Å². The first kappa shape index (κ1) is 19.8. The van der Waals surface area contributed by atoms with Gasteiger partial charge in [0, 0.05) is 6.54 Å². The third-order valence-electron chi connectivity index (χ3n) is 3.98. The van der Waals surface area contributed by atoms with Crippen LogP contribution >= 0.6 is 0 Å². The Hall–Kier alpha value is -2.49. The number of rotatable bonds is 8. The first-order chi connectivity index (χ1) is 12.4. The molecule has 1 amide bonds. The highest BCUT2D eigenvalue weighted by atomic mass is 16.5. The molecule has 0 heterocycles. The van der Waals surface area contributed by atoms with E-state index in [2.05, 4.69) is 19.2 Å². The molecule has 4 nitrogen and oxygen atoms in total. The number of amides is 1. The molecule has 0 aliphatic heterocycles. The maximum absolute atomic E-state index is 12.4. The van der Waals surface area contributed by atoms with Crippen molar-refractivity contribution in [2.24, 2.45) is 0 Å². The first-order valence-corrected chi connectivity index (χ1v) is 9.15. The van der Waals surface area contributed by atoms with E-state index in [1.165, 1.54) is 0 Å². The van der Waals surface area contributed by atoms with E-state index in [1.807, 2.05) is 62.4 Å². The highest BCUT2D eigenvalue weighted by molar-refractivity contribution is 5.80. The van der Waals surface area contributed by atoms with Crippen LogP contribution in [0.25, 0.3) is 0 Å². The highest BCUT2D eigenvalue weighted by Gasteiger charge is 2.17. The number of nitrogens with one attached hydrogen (secondary N) is 1. The third kappa shape index (κ3) is 5.80. The molecule has 0 bridgehead atoms. The lowest BCUT2D eigenvalue weighted by Crippen LogP contribution is -2.36. The summed E-state index contributed by atoms with van der Waals surface area (Å²) in [5.74, 6) is 1.80. The third-order valence-corrected chi connectivity index (χ3v) is 3.98. The molecule has 1 atom stereocenters. The molecular weight excluding hydrogens is 326 g/mol. The van der Waals surface area contributed by atoms with Gasteiger partial charge in [-0.15, -0.1) is 0 Å². The van der Waals surface area contributed by atoms with Gasteiger partial charge in [-0.25, -0.2) is 0 Å². The smallest absolute Gasteiger partial charge is 0.261 e. The summed E-state index contributed by atoms with van der Waals surface area (Å²) in [7, 11) is 0. The maximum Gasteiger partial charge on any atom is 0.261 e. The monoisotopic (exact) mass is 355 g/mol. The van der Waals surface area contributed by atoms with Crippen LogP contribution in [0.2, 0.25) is 0 Å². The van der Waals surface area contributed by atoms with Crippen molar-refractivity contribution in [3.8, 4) is 11.5 Å². The molecule has 2 rings (SSSR count). The second kappa shape index (κ2) is 9.27. The standard InChI is InChI=1S/C22H29NO3/c1-15(2)20-8-6-7-9-21(20)26-17(5)22(24)23-14-18-10-12-19(13-11-18)25-16(3)4/h6-13,15-17H,14H2,1-5H3,(H,23,24)/t17-/m0/s1. The molecule has 26 heavy (non-hydrogen) atoms. The van der Waals surface area contributed by atoms with Crippen molar-refractivity contribution in [2.45, 2.75) is 59.3 Å². The van der Waals surface area contributed by atoms with E-state index in [1.54, 1.807) is 6.92 Å². The van der Waals surface area contributed by atoms with Crippen LogP contribution in [0.5, 0.6) is 11.5 Å². The van der Waals surface area contributed by atoms with Gasteiger partial charge in [0.05, 0.1) is 6.10 Å². The van der Waals surface area contributed by atoms with Crippen LogP contribution in [-0.4, -0.2) is 18.1 Å². The lowest BCUT2D eigenvalue weighted by atomic mass is 10.0. The summed E-state index contributed by atoms with van der Waals surface area (Å²) in [4.78, 5) is 12.4. The number of hydrogen-bond donors (Lipinski definition) is 1. The number of carbonyl (C=O) groups is 1. The van der Waals surface area contributed by atoms with Crippen LogP contribution in [0.1, 0.15) is 51.7 Å². The Morgan fingerprint density at radius 3 is 2.19 bits per heavy atom. The minimum atomic E-state index is -0.557. The Labute approximate surface area is 156 Å². The SMILES string of the molecule is CC(C)Oc1ccc(CNC(=O)[C@H](C)Oc2ccccc2C(C)C)cc1. The van der Waals surface area contributed by atoms with Crippen molar-refractivity contribution in [1.82, 2.24) is 5.32 Å². The molecule has 0 unspecified atom stereocenters. The summed E-state index contributed by atoms with van der Waals surface area (Å²) < 4.78 is 11.5. The fourth-order valence-electron chi connectivity index (χ4n) is 2.60. The average Bonchev–Trinajstić information content (AvgIpc) is 2.60. The van der Waals surface area contributed by atoms with Crippen LogP contribution in [-0.2, 0) is 11.3 Å². The van der Waals surface area contributed by atoms with Crippen molar-refractivity contribution in [3.63, 3.8) is 0 Å². The van der Waals surface area contributed by atoms with Gasteiger partial charge in [0.2, 0.25) is 0 Å². The number of ether oxygens (including phenoxy) is 2.